The van der Waals surface area contributed by atoms with Gasteiger partial charge in [0.05, 0.1) is 17.9 Å². The van der Waals surface area contributed by atoms with E-state index in [0.717, 1.165) is 12.8 Å². The van der Waals surface area contributed by atoms with Crippen LogP contribution in [0.5, 0.6) is 5.88 Å². The molecule has 0 aliphatic heterocycles. The van der Waals surface area contributed by atoms with Gasteiger partial charge in [0.2, 0.25) is 5.88 Å². The Balaban J connectivity index is 0. The maximum atomic E-state index is 10.8. The van der Waals surface area contributed by atoms with Gasteiger partial charge in [0.1, 0.15) is 10.7 Å². The molecule has 2 fully saturated rings. The molecule has 2 aliphatic rings. The van der Waals surface area contributed by atoms with E-state index in [1.54, 1.807) is 18.5 Å². The summed E-state index contributed by atoms with van der Waals surface area (Å²) in [6.07, 6.45) is 8.78. The van der Waals surface area contributed by atoms with Crippen LogP contribution in [0.1, 0.15) is 65.2 Å². The number of halogens is 5. The Morgan fingerprint density at radius 3 is 1.60 bits per heavy atom. The summed E-state index contributed by atoms with van der Waals surface area (Å²) in [6.45, 7) is 4.13. The number of nitrogens with zero attached hydrogens (tertiary/aromatic N) is 2. The first-order valence-electron chi connectivity index (χ1n) is 13.0. The van der Waals surface area contributed by atoms with Crippen molar-refractivity contribution in [3.63, 3.8) is 0 Å². The second kappa shape index (κ2) is 27.0. The van der Waals surface area contributed by atoms with Crippen molar-refractivity contribution >= 4 is 114 Å². The molecular weight excluding hydrogens is 1050 g/mol. The van der Waals surface area contributed by atoms with Gasteiger partial charge in [-0.3, -0.25) is 14.0 Å². The molecule has 0 saturated heterocycles. The standard InChI is InChI=1S/C12H15NO3.C7H12O3.C5H4ClN.C2H3I3.C2H4I.V/c14-12(15)9-4-6-10(7-5-9)16-11-3-1-2-8-13-11;8-6-3-1-5(2-4-6)7(9)10;6-5-3-1-2-4-7-5;1-2(3,4)5;1-2-3;/h1-3,8-10H,4-7H2,(H,14,15);5-6,8H,1-4H2,(H,9,10);1-4H;1H3;2H,1H3;/q;;;;-1;. The fourth-order valence-electron chi connectivity index (χ4n) is 3.68. The van der Waals surface area contributed by atoms with Crippen molar-refractivity contribution in [3.05, 3.63) is 58.4 Å². The van der Waals surface area contributed by atoms with E-state index in [1.165, 1.54) is 0 Å². The molecule has 0 spiro atoms. The zero-order chi connectivity index (χ0) is 31.3. The summed E-state index contributed by atoms with van der Waals surface area (Å²) >= 11 is 14.6. The van der Waals surface area contributed by atoms with Gasteiger partial charge in [-0.2, -0.15) is 6.92 Å². The van der Waals surface area contributed by atoms with Crippen molar-refractivity contribution in [1.29, 1.82) is 0 Å². The Bertz CT molecular complexity index is 942. The monoisotopic (exact) mass is 1090 g/mol. The Kier molecular flexibility index (Phi) is 28.8. The predicted octanol–water partition coefficient (Wildman–Crippen LogP) is 9.03. The maximum Gasteiger partial charge on any atom is 0.306 e. The number of ether oxygens (including phenoxy) is 1. The number of pyridine rings is 2. The molecule has 0 unspecified atom stereocenters. The van der Waals surface area contributed by atoms with Gasteiger partial charge in [-0.05, 0) is 76.5 Å². The molecule has 4 rings (SSSR count). The third kappa shape index (κ3) is 27.1. The summed E-state index contributed by atoms with van der Waals surface area (Å²) in [5.74, 6) is -1.17. The number of aliphatic carboxylic acids is 2. The van der Waals surface area contributed by atoms with Gasteiger partial charge in [-0.15, -0.1) is 0 Å². The first kappa shape index (κ1) is 44.9. The third-order valence-electron chi connectivity index (χ3n) is 5.62. The Labute approximate surface area is 321 Å². The summed E-state index contributed by atoms with van der Waals surface area (Å²) in [7, 11) is 0. The average molecular weight is 1090 g/mol. The first-order chi connectivity index (χ1) is 19.3. The normalized spacial score (nSPS) is 20.9. The molecule has 0 amide bonds. The van der Waals surface area contributed by atoms with Crippen molar-refractivity contribution in [2.45, 2.75) is 76.9 Å². The molecule has 2 saturated carbocycles. The minimum absolute atomic E-state index is 0. The van der Waals surface area contributed by atoms with Crippen LogP contribution in [0, 0.1) is 16.3 Å². The Morgan fingerprint density at radius 1 is 0.881 bits per heavy atom. The molecule has 2 aliphatic carbocycles. The minimum atomic E-state index is -0.716. The molecule has 2 heterocycles. The van der Waals surface area contributed by atoms with Crippen molar-refractivity contribution in [2.24, 2.45) is 11.8 Å². The molecule has 8 nitrogen and oxygen atoms in total. The van der Waals surface area contributed by atoms with Gasteiger partial charge >= 0.3 is 11.9 Å². The average Bonchev–Trinajstić information content (AvgIpc) is 2.91. The van der Waals surface area contributed by atoms with Gasteiger partial charge in [0, 0.05) is 37.0 Å². The van der Waals surface area contributed by atoms with Crippen molar-refractivity contribution in [3.8, 4) is 5.88 Å². The van der Waals surface area contributed by atoms with Crippen LogP contribution in [0.25, 0.3) is 0 Å². The number of rotatable bonds is 4. The second-order valence-corrected chi connectivity index (χ2v) is 23.4. The quantitative estimate of drug-likeness (QED) is 0.120. The van der Waals surface area contributed by atoms with Crippen LogP contribution in [0.15, 0.2) is 48.8 Å². The number of carboxylic acid groups (broad SMARTS) is 2. The van der Waals surface area contributed by atoms with E-state index in [4.69, 9.17) is 31.7 Å². The van der Waals surface area contributed by atoms with Crippen molar-refractivity contribution < 1.29 is 48.2 Å². The SMILES string of the molecule is CC(I)(I)I.C[CH-]I.Clc1ccccn1.O=C(O)C1CCC(O)CC1.O=C(O)C1CCC(Oc2ccccn2)CC1.[V]. The molecule has 42 heavy (non-hydrogen) atoms. The van der Waals surface area contributed by atoms with E-state index in [1.807, 2.05) is 41.7 Å². The van der Waals surface area contributed by atoms with Crippen LogP contribution in [0.4, 0.5) is 0 Å². The number of aliphatic hydroxyl groups excluding tert-OH is 1. The van der Waals surface area contributed by atoms with Gasteiger partial charge in [0.15, 0.2) is 0 Å². The molecule has 237 valence electrons. The molecule has 0 bridgehead atoms. The summed E-state index contributed by atoms with van der Waals surface area (Å²) < 4.78 is 8.06. The van der Waals surface area contributed by atoms with Gasteiger partial charge < -0.3 is 42.6 Å². The number of carbonyl (C=O) groups is 2. The zero-order valence-corrected chi connectivity index (χ0v) is 34.2. The fraction of sp³-hybridized carbons (Fsp3) is 0.536. The van der Waals surface area contributed by atoms with Crippen LogP contribution in [-0.4, -0.2) is 48.9 Å². The van der Waals surface area contributed by atoms with E-state index in [-0.39, 0.29) is 42.6 Å². The van der Waals surface area contributed by atoms with Crippen LogP contribution in [0.2, 0.25) is 5.15 Å². The largest absolute Gasteiger partial charge is 0.481 e. The molecule has 2 aromatic heterocycles. The van der Waals surface area contributed by atoms with Gasteiger partial charge in [0.25, 0.3) is 0 Å². The van der Waals surface area contributed by atoms with E-state index < -0.39 is 11.9 Å². The minimum Gasteiger partial charge on any atom is -0.481 e. The van der Waals surface area contributed by atoms with Gasteiger partial charge in [-0.25, -0.2) is 9.97 Å². The summed E-state index contributed by atoms with van der Waals surface area (Å²) in [5.41, 5.74) is 0. The van der Waals surface area contributed by atoms with E-state index in [0.29, 0.717) is 49.0 Å². The number of carboxylic acids is 2. The van der Waals surface area contributed by atoms with Crippen LogP contribution < -0.4 is 4.74 Å². The smallest absolute Gasteiger partial charge is 0.306 e. The number of alkyl halides is 3. The maximum absolute atomic E-state index is 10.8. The number of hydrogen-bond acceptors (Lipinski definition) is 6. The Hall–Kier alpha value is 0.794. The van der Waals surface area contributed by atoms with Crippen LogP contribution >= 0.6 is 102 Å². The predicted molar refractivity (Wildman–Crippen MR) is 198 cm³/mol. The summed E-state index contributed by atoms with van der Waals surface area (Å²) in [4.78, 5) is 29.0. The first-order valence-corrected chi connectivity index (χ1v) is 17.8. The number of aromatic nitrogens is 2. The summed E-state index contributed by atoms with van der Waals surface area (Å²) in [5, 5.41) is 27.0. The van der Waals surface area contributed by atoms with E-state index >= 15 is 0 Å². The zero-order valence-electron chi connectivity index (χ0n) is 23.5. The summed E-state index contributed by atoms with van der Waals surface area (Å²) in [6, 6.07) is 10.9. The molecule has 14 heteroatoms. The van der Waals surface area contributed by atoms with E-state index in [9.17, 15) is 9.59 Å². The van der Waals surface area contributed by atoms with Crippen LogP contribution in [-0.2, 0) is 28.1 Å². The van der Waals surface area contributed by atoms with Crippen molar-refractivity contribution in [1.82, 2.24) is 9.97 Å². The molecular formula is C28H38ClI4N2O6V-. The topological polar surface area (TPSA) is 130 Å². The Morgan fingerprint density at radius 2 is 1.29 bits per heavy atom. The molecule has 2 aromatic rings. The molecule has 0 aromatic carbocycles. The molecule has 3 N–H and O–H groups in total. The third-order valence-corrected chi connectivity index (χ3v) is 5.85. The molecule has 0 atom stereocenters. The fourth-order valence-corrected chi connectivity index (χ4v) is 3.81. The van der Waals surface area contributed by atoms with Gasteiger partial charge in [-0.1, -0.05) is 91.5 Å². The van der Waals surface area contributed by atoms with E-state index in [2.05, 4.69) is 107 Å². The van der Waals surface area contributed by atoms with Crippen LogP contribution in [0.3, 0.4) is 0 Å². The second-order valence-electron chi connectivity index (χ2n) is 9.09. The number of hydrogen-bond donors (Lipinski definition) is 3. The number of aliphatic hydroxyl groups is 1. The van der Waals surface area contributed by atoms with Crippen molar-refractivity contribution in [2.75, 3.05) is 0 Å². The molecule has 1 radical (unpaired) electrons.